The van der Waals surface area contributed by atoms with Gasteiger partial charge in [-0.3, -0.25) is 0 Å². The Kier molecular flexibility index (Phi) is 19.0. The summed E-state index contributed by atoms with van der Waals surface area (Å²) in [7, 11) is 0. The van der Waals surface area contributed by atoms with E-state index in [1.807, 2.05) is 60.7 Å². The summed E-state index contributed by atoms with van der Waals surface area (Å²) in [4.78, 5) is 26.2. The molecule has 0 aliphatic rings. The minimum atomic E-state index is -2.44. The van der Waals surface area contributed by atoms with Crippen molar-refractivity contribution < 1.29 is 9.59 Å². The van der Waals surface area contributed by atoms with E-state index in [1.54, 1.807) is 0 Å². The Hall–Kier alpha value is -1.13. The van der Waals surface area contributed by atoms with Crippen LogP contribution in [0.5, 0.6) is 0 Å². The molecule has 0 atom stereocenters. The summed E-state index contributed by atoms with van der Waals surface area (Å²) in [5.74, 6) is 0. The third-order valence-electron chi connectivity index (χ3n) is 8.25. The van der Waals surface area contributed by atoms with Crippen molar-refractivity contribution in [1.82, 2.24) is 0 Å². The van der Waals surface area contributed by atoms with Crippen molar-refractivity contribution in [1.29, 1.82) is 0 Å². The number of rotatable bonds is 19. The molecule has 0 aliphatic carbocycles. The van der Waals surface area contributed by atoms with Crippen molar-refractivity contribution in [2.24, 2.45) is 0 Å². The van der Waals surface area contributed by atoms with E-state index in [2.05, 4.69) is 41.5 Å². The summed E-state index contributed by atoms with van der Waals surface area (Å²) in [5.41, 5.74) is 1.95. The van der Waals surface area contributed by atoms with Crippen LogP contribution in [0, 0.1) is 0 Å². The quantitative estimate of drug-likeness (QED) is 0.141. The van der Waals surface area contributed by atoms with E-state index in [1.165, 1.54) is 89.3 Å². The molecule has 2 aromatic rings. The summed E-state index contributed by atoms with van der Waals surface area (Å²) in [6, 6.07) is 20.1. The minimum absolute atomic E-state index is 0.543. The molecular formula is C35H58Ge2O2. The maximum absolute atomic E-state index is 13.3. The van der Waals surface area contributed by atoms with Crippen LogP contribution in [0.25, 0.3) is 0 Å². The van der Waals surface area contributed by atoms with Gasteiger partial charge in [0.05, 0.1) is 0 Å². The molecule has 0 saturated heterocycles. The molecule has 0 fully saturated rings. The molecule has 2 aromatic carbocycles. The van der Waals surface area contributed by atoms with Crippen LogP contribution >= 0.6 is 0 Å². The monoisotopic (exact) mass is 658 g/mol. The van der Waals surface area contributed by atoms with E-state index in [9.17, 15) is 9.59 Å². The zero-order chi connectivity index (χ0) is 29.0. The first kappa shape index (κ1) is 35.9. The third kappa shape index (κ3) is 11.7. The Labute approximate surface area is 246 Å². The van der Waals surface area contributed by atoms with Gasteiger partial charge in [-0.05, 0) is 0 Å². The molecule has 0 amide bonds. The molecule has 39 heavy (non-hydrogen) atoms. The Morgan fingerprint density at radius 1 is 0.436 bits per heavy atom. The van der Waals surface area contributed by atoms with Gasteiger partial charge >= 0.3 is 248 Å². The molecule has 0 aromatic heterocycles. The van der Waals surface area contributed by atoms with Crippen LogP contribution in [0.2, 0.25) is 31.5 Å². The van der Waals surface area contributed by atoms with Crippen LogP contribution in [0.4, 0.5) is 0 Å². The van der Waals surface area contributed by atoms with E-state index in [0.29, 0.717) is 9.23 Å². The summed E-state index contributed by atoms with van der Waals surface area (Å²) in [5, 5.41) is 7.33. The summed E-state index contributed by atoms with van der Waals surface area (Å²) in [6.07, 6.45) is 10.9. The second-order valence-electron chi connectivity index (χ2n) is 11.5. The van der Waals surface area contributed by atoms with Gasteiger partial charge in [0.25, 0.3) is 0 Å². The van der Waals surface area contributed by atoms with Crippen molar-refractivity contribution in [2.75, 3.05) is 0 Å². The SMILES string of the molecule is CCC[CH2][Ge]([CH2]CCC)([CH2]CCC)[C](=O)c1ccccc1.CC[CH2][Ge]([CH2]CC)([CH2]CC)[C](=O)c1ccccc1. The summed E-state index contributed by atoms with van der Waals surface area (Å²) < 4.78 is 1.12. The second kappa shape index (κ2) is 20.7. The number of carbonyl (C=O) groups excluding carboxylic acids is 2. The molecule has 0 spiro atoms. The van der Waals surface area contributed by atoms with E-state index >= 15 is 0 Å². The molecule has 0 radical (unpaired) electrons. The molecule has 218 valence electrons. The fourth-order valence-electron chi connectivity index (χ4n) is 6.20. The number of unbranched alkanes of at least 4 members (excludes halogenated alkanes) is 3. The van der Waals surface area contributed by atoms with E-state index in [4.69, 9.17) is 0 Å². The first-order chi connectivity index (χ1) is 18.9. The van der Waals surface area contributed by atoms with Gasteiger partial charge < -0.3 is 0 Å². The number of benzene rings is 2. The third-order valence-corrected chi connectivity index (χ3v) is 30.9. The van der Waals surface area contributed by atoms with Gasteiger partial charge in [0.1, 0.15) is 0 Å². The van der Waals surface area contributed by atoms with Gasteiger partial charge in [0.2, 0.25) is 0 Å². The average molecular weight is 656 g/mol. The van der Waals surface area contributed by atoms with Gasteiger partial charge in [-0.1, -0.05) is 0 Å². The first-order valence-corrected chi connectivity index (χ1v) is 27.1. The average Bonchev–Trinajstić information content (AvgIpc) is 2.98. The van der Waals surface area contributed by atoms with Gasteiger partial charge in [0.15, 0.2) is 0 Å². The Morgan fingerprint density at radius 3 is 0.974 bits per heavy atom. The summed E-state index contributed by atoms with van der Waals surface area (Å²) in [6.45, 7) is 13.4. The fourth-order valence-corrected chi connectivity index (χ4v) is 28.0. The van der Waals surface area contributed by atoms with Crippen LogP contribution in [0.3, 0.4) is 0 Å². The second-order valence-corrected chi connectivity index (χ2v) is 30.5. The predicted molar refractivity (Wildman–Crippen MR) is 177 cm³/mol. The molecule has 4 heteroatoms. The standard InChI is InChI=1S/C19H32GeO.C16H26GeO/c1-4-7-15-20(16-8-5-2,17-9-6-3)19(21)18-13-11-10-12-14-18;1-4-12-17(13-5-2,14-6-3)16(18)15-10-8-7-9-11-15/h10-14H,4-9,15-17H2,1-3H3;7-11H,4-6,12-14H2,1-3H3. The van der Waals surface area contributed by atoms with E-state index in [0.717, 1.165) is 11.1 Å². The van der Waals surface area contributed by atoms with Crippen LogP contribution in [-0.4, -0.2) is 35.8 Å². The van der Waals surface area contributed by atoms with E-state index in [-0.39, 0.29) is 0 Å². The van der Waals surface area contributed by atoms with Gasteiger partial charge in [-0.25, -0.2) is 0 Å². The van der Waals surface area contributed by atoms with Crippen LogP contribution in [0.15, 0.2) is 60.7 Å². The summed E-state index contributed by atoms with van der Waals surface area (Å²) >= 11 is -4.80. The van der Waals surface area contributed by atoms with E-state index < -0.39 is 26.5 Å². The van der Waals surface area contributed by atoms with Gasteiger partial charge in [-0.2, -0.15) is 0 Å². The van der Waals surface area contributed by atoms with Crippen LogP contribution in [-0.2, 0) is 0 Å². The molecule has 2 rings (SSSR count). The zero-order valence-electron chi connectivity index (χ0n) is 26.2. The fraction of sp³-hybridized carbons (Fsp3) is 0.600. The number of hydrogen-bond acceptors (Lipinski definition) is 2. The molecule has 0 bridgehead atoms. The molecular weight excluding hydrogens is 598 g/mol. The first-order valence-electron chi connectivity index (χ1n) is 16.1. The molecule has 0 aliphatic heterocycles. The van der Waals surface area contributed by atoms with Crippen molar-refractivity contribution in [2.45, 2.75) is 131 Å². The number of hydrogen-bond donors (Lipinski definition) is 0. The molecule has 0 unspecified atom stereocenters. The van der Waals surface area contributed by atoms with Crippen LogP contribution < -0.4 is 0 Å². The van der Waals surface area contributed by atoms with Crippen molar-refractivity contribution in [3.05, 3.63) is 71.8 Å². The van der Waals surface area contributed by atoms with Gasteiger partial charge in [-0.15, -0.1) is 0 Å². The van der Waals surface area contributed by atoms with Gasteiger partial charge in [0, 0.05) is 0 Å². The molecule has 0 heterocycles. The van der Waals surface area contributed by atoms with Crippen LogP contribution in [0.1, 0.15) is 120 Å². The normalized spacial score (nSPS) is 11.5. The topological polar surface area (TPSA) is 34.1 Å². The van der Waals surface area contributed by atoms with Crippen molar-refractivity contribution >= 4 is 35.8 Å². The molecule has 0 N–H and O–H groups in total. The molecule has 2 nitrogen and oxygen atoms in total. The molecule has 0 saturated carbocycles. The Bertz CT molecular complexity index is 872. The Balaban J connectivity index is 0.000000395. The number of carbonyl (C=O) groups is 2. The van der Waals surface area contributed by atoms with Crippen molar-refractivity contribution in [3.8, 4) is 0 Å². The Morgan fingerprint density at radius 2 is 0.718 bits per heavy atom. The maximum atomic E-state index is 13.3. The zero-order valence-corrected chi connectivity index (χ0v) is 30.4. The van der Waals surface area contributed by atoms with Crippen molar-refractivity contribution in [3.63, 3.8) is 0 Å². The predicted octanol–water partition coefficient (Wildman–Crippen LogP) is 11.3.